The Balaban J connectivity index is 1.64. The van der Waals surface area contributed by atoms with Crippen molar-refractivity contribution in [3.8, 4) is 22.6 Å². The lowest BCUT2D eigenvalue weighted by Crippen LogP contribution is -2.04. The Labute approximate surface area is 176 Å². The molecule has 0 aliphatic heterocycles. The molecule has 0 spiro atoms. The van der Waals surface area contributed by atoms with Gasteiger partial charge in [0.15, 0.2) is 0 Å². The molecule has 0 aliphatic rings. The van der Waals surface area contributed by atoms with Gasteiger partial charge in [-0.2, -0.15) is 0 Å². The largest absolute Gasteiger partial charge is 0.368 e. The maximum absolute atomic E-state index is 6.01. The van der Waals surface area contributed by atoms with Crippen molar-refractivity contribution in [1.29, 1.82) is 0 Å². The summed E-state index contributed by atoms with van der Waals surface area (Å²) < 4.78 is 1.76. The fourth-order valence-electron chi connectivity index (χ4n) is 3.33. The van der Waals surface area contributed by atoms with Gasteiger partial charge < -0.3 is 5.73 Å². The first-order valence-electron chi connectivity index (χ1n) is 9.98. The van der Waals surface area contributed by atoms with Crippen molar-refractivity contribution < 1.29 is 0 Å². The Morgan fingerprint density at radius 3 is 2.50 bits per heavy atom. The first kappa shape index (κ1) is 19.7. The third-order valence-corrected chi connectivity index (χ3v) is 5.17. The Hall–Kier alpha value is -3.61. The number of nitrogens with zero attached hydrogens (tertiary/aromatic N) is 6. The molecule has 0 fully saturated rings. The third kappa shape index (κ3) is 4.05. The minimum atomic E-state index is 0.212. The molecule has 4 aromatic rings. The zero-order valence-corrected chi connectivity index (χ0v) is 17.7. The molecule has 0 unspecified atom stereocenters. The summed E-state index contributed by atoms with van der Waals surface area (Å²) >= 11 is 0. The Morgan fingerprint density at radius 2 is 1.70 bits per heavy atom. The molecule has 0 saturated carbocycles. The van der Waals surface area contributed by atoms with Gasteiger partial charge in [0.1, 0.15) is 5.69 Å². The van der Waals surface area contributed by atoms with Gasteiger partial charge >= 0.3 is 0 Å². The molecule has 30 heavy (non-hydrogen) atoms. The van der Waals surface area contributed by atoms with E-state index in [1.165, 1.54) is 11.1 Å². The number of benzene rings is 1. The van der Waals surface area contributed by atoms with Crippen LogP contribution in [0.2, 0.25) is 0 Å². The molecule has 152 valence electrons. The smallest absolute Gasteiger partial charge is 0.221 e. The highest BCUT2D eigenvalue weighted by atomic mass is 15.4. The van der Waals surface area contributed by atoms with E-state index < -0.39 is 0 Å². The van der Waals surface area contributed by atoms with Crippen molar-refractivity contribution in [1.82, 2.24) is 29.9 Å². The number of hydrogen-bond acceptors (Lipinski definition) is 6. The van der Waals surface area contributed by atoms with E-state index in [1.807, 2.05) is 42.6 Å². The van der Waals surface area contributed by atoms with Crippen LogP contribution in [0.1, 0.15) is 42.3 Å². The Kier molecular flexibility index (Phi) is 5.27. The number of hydrogen-bond donors (Lipinski definition) is 1. The molecule has 0 saturated heterocycles. The lowest BCUT2D eigenvalue weighted by atomic mass is 10.0. The molecule has 0 amide bonds. The van der Waals surface area contributed by atoms with Gasteiger partial charge in [0.2, 0.25) is 5.95 Å². The zero-order chi connectivity index (χ0) is 21.3. The van der Waals surface area contributed by atoms with E-state index in [4.69, 9.17) is 10.7 Å². The topological polar surface area (TPSA) is 95.4 Å². The number of nitrogens with two attached hydrogens (primary N) is 1. The normalized spacial score (nSPS) is 11.2. The van der Waals surface area contributed by atoms with Crippen LogP contribution in [0, 0.1) is 13.8 Å². The van der Waals surface area contributed by atoms with Gasteiger partial charge in [-0.1, -0.05) is 43.3 Å². The maximum atomic E-state index is 6.01. The van der Waals surface area contributed by atoms with Gasteiger partial charge in [-0.25, -0.2) is 14.6 Å². The molecule has 0 aliphatic carbocycles. The van der Waals surface area contributed by atoms with Crippen molar-refractivity contribution in [2.45, 2.75) is 40.2 Å². The highest BCUT2D eigenvalue weighted by Crippen LogP contribution is 2.27. The van der Waals surface area contributed by atoms with Crippen LogP contribution in [-0.4, -0.2) is 29.9 Å². The summed E-state index contributed by atoms with van der Waals surface area (Å²) in [6.07, 6.45) is 1.86. The minimum absolute atomic E-state index is 0.212. The van der Waals surface area contributed by atoms with Gasteiger partial charge in [-0.05, 0) is 49.1 Å². The second-order valence-corrected chi connectivity index (χ2v) is 7.75. The van der Waals surface area contributed by atoms with Crippen LogP contribution < -0.4 is 5.73 Å². The van der Waals surface area contributed by atoms with Gasteiger partial charge in [0.05, 0.1) is 29.8 Å². The minimum Gasteiger partial charge on any atom is -0.368 e. The predicted molar refractivity (Wildman–Crippen MR) is 118 cm³/mol. The fourth-order valence-corrected chi connectivity index (χ4v) is 3.33. The van der Waals surface area contributed by atoms with E-state index >= 15 is 0 Å². The number of rotatable bonds is 5. The highest BCUT2D eigenvalue weighted by molar-refractivity contribution is 5.70. The van der Waals surface area contributed by atoms with E-state index in [9.17, 15) is 0 Å². The van der Waals surface area contributed by atoms with Crippen molar-refractivity contribution in [2.75, 3.05) is 5.73 Å². The molecule has 3 aromatic heterocycles. The summed E-state index contributed by atoms with van der Waals surface area (Å²) in [5.74, 6) is 0.591. The van der Waals surface area contributed by atoms with Crippen molar-refractivity contribution >= 4 is 5.95 Å². The summed E-state index contributed by atoms with van der Waals surface area (Å²) in [5, 5.41) is 8.55. The molecule has 0 atom stereocenters. The second kappa shape index (κ2) is 8.02. The molecule has 3 heterocycles. The van der Waals surface area contributed by atoms with Crippen LogP contribution in [0.25, 0.3) is 22.6 Å². The van der Waals surface area contributed by atoms with Gasteiger partial charge in [0, 0.05) is 11.3 Å². The highest BCUT2D eigenvalue weighted by Gasteiger charge is 2.13. The van der Waals surface area contributed by atoms with Crippen LogP contribution in [-0.2, 0) is 6.54 Å². The standard InChI is InChI=1S/C23H25N7/c1-14(2)19-10-6-8-17(25-19)12-30-13-22(28-29-30)21-11-20(26-23(24)27-21)18-9-5-7-15(3)16(18)4/h5-11,13-14H,12H2,1-4H3,(H2,24,26,27). The van der Waals surface area contributed by atoms with Crippen molar-refractivity contribution in [3.05, 3.63) is 71.2 Å². The Bertz CT molecular complexity index is 1190. The van der Waals surface area contributed by atoms with Gasteiger partial charge in [0.25, 0.3) is 0 Å². The van der Waals surface area contributed by atoms with Crippen LogP contribution in [0.5, 0.6) is 0 Å². The average molecular weight is 400 g/mol. The van der Waals surface area contributed by atoms with E-state index in [-0.39, 0.29) is 5.95 Å². The maximum Gasteiger partial charge on any atom is 0.221 e. The molecule has 2 N–H and O–H groups in total. The summed E-state index contributed by atoms with van der Waals surface area (Å²) in [6, 6.07) is 14.1. The number of nitrogen functional groups attached to an aromatic ring is 1. The van der Waals surface area contributed by atoms with Crippen LogP contribution in [0.15, 0.2) is 48.7 Å². The quantitative estimate of drug-likeness (QED) is 0.541. The number of aryl methyl sites for hydroxylation is 1. The molecule has 0 bridgehead atoms. The Morgan fingerprint density at radius 1 is 0.933 bits per heavy atom. The fraction of sp³-hybridized carbons (Fsp3) is 0.261. The molecule has 4 rings (SSSR count). The second-order valence-electron chi connectivity index (χ2n) is 7.75. The summed E-state index contributed by atoms with van der Waals surface area (Å²) in [7, 11) is 0. The van der Waals surface area contributed by atoms with E-state index in [2.05, 4.69) is 54.0 Å². The number of aromatic nitrogens is 6. The molecular weight excluding hydrogens is 374 g/mol. The van der Waals surface area contributed by atoms with E-state index in [0.717, 1.165) is 22.6 Å². The van der Waals surface area contributed by atoms with E-state index in [1.54, 1.807) is 4.68 Å². The van der Waals surface area contributed by atoms with Crippen LogP contribution in [0.4, 0.5) is 5.95 Å². The lowest BCUT2D eigenvalue weighted by Gasteiger charge is -2.09. The van der Waals surface area contributed by atoms with Crippen LogP contribution >= 0.6 is 0 Å². The summed E-state index contributed by atoms with van der Waals surface area (Å²) in [6.45, 7) is 8.97. The van der Waals surface area contributed by atoms with Gasteiger partial charge in [-0.15, -0.1) is 5.10 Å². The van der Waals surface area contributed by atoms with Crippen molar-refractivity contribution in [3.63, 3.8) is 0 Å². The molecule has 7 nitrogen and oxygen atoms in total. The molecule has 7 heteroatoms. The molecule has 0 radical (unpaired) electrons. The zero-order valence-electron chi connectivity index (χ0n) is 17.7. The molecular formula is C23H25N7. The lowest BCUT2D eigenvalue weighted by molar-refractivity contribution is 0.634. The monoisotopic (exact) mass is 399 g/mol. The number of pyridine rings is 1. The summed E-state index contributed by atoms with van der Waals surface area (Å²) in [4.78, 5) is 13.5. The van der Waals surface area contributed by atoms with Crippen molar-refractivity contribution in [2.24, 2.45) is 0 Å². The SMILES string of the molecule is Cc1cccc(-c2cc(-c3cn(Cc4cccc(C(C)C)n4)nn3)nc(N)n2)c1C. The average Bonchev–Trinajstić information content (AvgIpc) is 3.18. The molecule has 1 aromatic carbocycles. The van der Waals surface area contributed by atoms with Crippen LogP contribution in [0.3, 0.4) is 0 Å². The predicted octanol–water partition coefficient (Wildman–Crippen LogP) is 4.17. The third-order valence-electron chi connectivity index (χ3n) is 5.17. The number of anilines is 1. The van der Waals surface area contributed by atoms with Gasteiger partial charge in [-0.3, -0.25) is 4.98 Å². The first-order valence-corrected chi connectivity index (χ1v) is 9.98. The summed E-state index contributed by atoms with van der Waals surface area (Å²) in [5.41, 5.74) is 13.5. The van der Waals surface area contributed by atoms with E-state index in [0.29, 0.717) is 23.9 Å². The first-order chi connectivity index (χ1) is 14.4.